The fraction of sp³-hybridized carbons (Fsp3) is 0.167. The number of hydrogen-bond acceptors (Lipinski definition) is 6. The summed E-state index contributed by atoms with van der Waals surface area (Å²) in [5.74, 6) is 1.68. The molecular weight excluding hydrogens is 338 g/mol. The Labute approximate surface area is 151 Å². The van der Waals surface area contributed by atoms with E-state index < -0.39 is 0 Å². The first kappa shape index (κ1) is 17.0. The molecule has 0 aliphatic rings. The Balaban J connectivity index is 1.83. The average Bonchev–Trinajstić information content (AvgIpc) is 2.58. The summed E-state index contributed by atoms with van der Waals surface area (Å²) in [7, 11) is 1.63. The van der Waals surface area contributed by atoms with Crippen LogP contribution in [0.2, 0.25) is 5.02 Å². The number of halogens is 1. The maximum absolute atomic E-state index is 5.98. The number of anilines is 4. The molecule has 1 aromatic heterocycles. The van der Waals surface area contributed by atoms with Gasteiger partial charge in [-0.25, -0.2) is 0 Å². The van der Waals surface area contributed by atoms with Crippen molar-refractivity contribution in [2.75, 3.05) is 17.7 Å². The van der Waals surface area contributed by atoms with Gasteiger partial charge in [-0.3, -0.25) is 0 Å². The molecule has 0 aliphatic carbocycles. The molecule has 7 heteroatoms. The topological polar surface area (TPSA) is 72.0 Å². The molecule has 3 aromatic rings. The van der Waals surface area contributed by atoms with Crippen LogP contribution in [-0.4, -0.2) is 22.3 Å². The van der Waals surface area contributed by atoms with Crippen molar-refractivity contribution in [2.45, 2.75) is 13.8 Å². The van der Waals surface area contributed by atoms with Gasteiger partial charge in [0.15, 0.2) is 5.82 Å². The summed E-state index contributed by atoms with van der Waals surface area (Å²) in [6, 6.07) is 11.4. The summed E-state index contributed by atoms with van der Waals surface area (Å²) in [5.41, 5.74) is 3.79. The van der Waals surface area contributed by atoms with Gasteiger partial charge in [0.2, 0.25) is 5.95 Å². The van der Waals surface area contributed by atoms with Crippen molar-refractivity contribution in [1.82, 2.24) is 15.2 Å². The first-order valence-electron chi connectivity index (χ1n) is 7.70. The summed E-state index contributed by atoms with van der Waals surface area (Å²) in [6.45, 7) is 3.97. The molecule has 0 saturated carbocycles. The van der Waals surface area contributed by atoms with Gasteiger partial charge in [0.25, 0.3) is 0 Å². The van der Waals surface area contributed by atoms with E-state index in [-0.39, 0.29) is 0 Å². The first-order chi connectivity index (χ1) is 12.0. The minimum Gasteiger partial charge on any atom is -0.495 e. The minimum absolute atomic E-state index is 0.391. The van der Waals surface area contributed by atoms with Crippen molar-refractivity contribution in [2.24, 2.45) is 0 Å². The van der Waals surface area contributed by atoms with Crippen molar-refractivity contribution >= 4 is 34.7 Å². The molecule has 0 aliphatic heterocycles. The third-order valence-corrected chi connectivity index (χ3v) is 3.85. The monoisotopic (exact) mass is 355 g/mol. The molecule has 2 aromatic carbocycles. The van der Waals surface area contributed by atoms with E-state index in [2.05, 4.69) is 25.8 Å². The zero-order valence-corrected chi connectivity index (χ0v) is 14.9. The van der Waals surface area contributed by atoms with Crippen LogP contribution in [0, 0.1) is 13.8 Å². The van der Waals surface area contributed by atoms with Crippen LogP contribution in [-0.2, 0) is 0 Å². The van der Waals surface area contributed by atoms with E-state index in [0.29, 0.717) is 16.8 Å². The number of benzene rings is 2. The second-order valence-electron chi connectivity index (χ2n) is 5.58. The number of rotatable bonds is 5. The predicted octanol–water partition coefficient (Wildman–Crippen LogP) is 4.64. The Kier molecular flexibility index (Phi) is 5.00. The molecule has 0 spiro atoms. The second kappa shape index (κ2) is 7.36. The van der Waals surface area contributed by atoms with Gasteiger partial charge in [-0.2, -0.15) is 10.1 Å². The molecule has 0 atom stereocenters. The Hall–Kier alpha value is -2.86. The zero-order valence-electron chi connectivity index (χ0n) is 14.2. The van der Waals surface area contributed by atoms with E-state index in [9.17, 15) is 0 Å². The first-order valence-corrected chi connectivity index (χ1v) is 8.07. The highest BCUT2D eigenvalue weighted by Crippen LogP contribution is 2.28. The second-order valence-corrected chi connectivity index (χ2v) is 6.01. The number of aromatic nitrogens is 3. The maximum Gasteiger partial charge on any atom is 0.249 e. The molecular formula is C18H18ClN5O. The molecule has 25 heavy (non-hydrogen) atoms. The van der Waals surface area contributed by atoms with Crippen LogP contribution >= 0.6 is 11.6 Å². The predicted molar refractivity (Wildman–Crippen MR) is 100 cm³/mol. The van der Waals surface area contributed by atoms with Gasteiger partial charge in [-0.1, -0.05) is 17.7 Å². The fourth-order valence-electron chi connectivity index (χ4n) is 2.36. The molecule has 1 heterocycles. The Morgan fingerprint density at radius 1 is 1.00 bits per heavy atom. The van der Waals surface area contributed by atoms with Crippen LogP contribution in [0.1, 0.15) is 11.1 Å². The molecule has 6 nitrogen and oxygen atoms in total. The van der Waals surface area contributed by atoms with Crippen molar-refractivity contribution in [3.8, 4) is 5.75 Å². The minimum atomic E-state index is 0.391. The van der Waals surface area contributed by atoms with E-state index in [1.807, 2.05) is 50.2 Å². The standard InChI is InChI=1S/C18H18ClN5O/c1-11-4-7-16(25-3)15(8-11)21-17-10-20-24-18(23-17)22-14-6-5-13(19)9-12(14)2/h4-10H,1-3H3,(H2,21,22,23,24). The molecule has 2 N–H and O–H groups in total. The van der Waals surface area contributed by atoms with Crippen LogP contribution in [0.25, 0.3) is 0 Å². The summed E-state index contributed by atoms with van der Waals surface area (Å²) < 4.78 is 5.37. The van der Waals surface area contributed by atoms with Crippen LogP contribution in [0.5, 0.6) is 5.75 Å². The summed E-state index contributed by atoms with van der Waals surface area (Å²) in [4.78, 5) is 4.45. The van der Waals surface area contributed by atoms with Gasteiger partial charge in [0, 0.05) is 10.7 Å². The van der Waals surface area contributed by atoms with Crippen LogP contribution in [0.3, 0.4) is 0 Å². The fourth-order valence-corrected chi connectivity index (χ4v) is 2.59. The highest BCUT2D eigenvalue weighted by atomic mass is 35.5. The van der Waals surface area contributed by atoms with Crippen molar-refractivity contribution in [1.29, 1.82) is 0 Å². The van der Waals surface area contributed by atoms with Gasteiger partial charge in [-0.05, 0) is 55.3 Å². The van der Waals surface area contributed by atoms with Gasteiger partial charge in [-0.15, -0.1) is 5.10 Å². The summed E-state index contributed by atoms with van der Waals surface area (Å²) in [5, 5.41) is 15.1. The van der Waals surface area contributed by atoms with E-state index in [1.54, 1.807) is 13.3 Å². The van der Waals surface area contributed by atoms with Gasteiger partial charge < -0.3 is 15.4 Å². The largest absolute Gasteiger partial charge is 0.495 e. The molecule has 0 saturated heterocycles. The number of methoxy groups -OCH3 is 1. The molecule has 0 bridgehead atoms. The lowest BCUT2D eigenvalue weighted by Crippen LogP contribution is -2.04. The van der Waals surface area contributed by atoms with Crippen LogP contribution in [0.15, 0.2) is 42.6 Å². The molecule has 0 unspecified atom stereocenters. The smallest absolute Gasteiger partial charge is 0.249 e. The average molecular weight is 356 g/mol. The molecule has 3 rings (SSSR count). The van der Waals surface area contributed by atoms with Crippen molar-refractivity contribution in [3.05, 3.63) is 58.7 Å². The number of nitrogens with zero attached hydrogens (tertiary/aromatic N) is 3. The summed E-state index contributed by atoms with van der Waals surface area (Å²) >= 11 is 5.98. The molecule has 0 radical (unpaired) electrons. The highest BCUT2D eigenvalue weighted by molar-refractivity contribution is 6.30. The third-order valence-electron chi connectivity index (χ3n) is 3.61. The van der Waals surface area contributed by atoms with Crippen LogP contribution in [0.4, 0.5) is 23.1 Å². The zero-order chi connectivity index (χ0) is 17.8. The molecule has 0 fully saturated rings. The quantitative estimate of drug-likeness (QED) is 0.694. The van der Waals surface area contributed by atoms with E-state index in [0.717, 1.165) is 28.3 Å². The van der Waals surface area contributed by atoms with Crippen molar-refractivity contribution < 1.29 is 4.74 Å². The number of ether oxygens (including phenoxy) is 1. The number of nitrogens with one attached hydrogen (secondary N) is 2. The SMILES string of the molecule is COc1ccc(C)cc1Nc1cnnc(Nc2ccc(Cl)cc2C)n1. The normalized spacial score (nSPS) is 10.4. The third kappa shape index (κ3) is 4.16. The summed E-state index contributed by atoms with van der Waals surface area (Å²) in [6.07, 6.45) is 1.56. The number of hydrogen-bond donors (Lipinski definition) is 2. The Morgan fingerprint density at radius 3 is 2.60 bits per heavy atom. The lowest BCUT2D eigenvalue weighted by atomic mass is 10.2. The lowest BCUT2D eigenvalue weighted by Gasteiger charge is -2.12. The van der Waals surface area contributed by atoms with Crippen LogP contribution < -0.4 is 15.4 Å². The Morgan fingerprint density at radius 2 is 1.84 bits per heavy atom. The molecule has 128 valence electrons. The lowest BCUT2D eigenvalue weighted by molar-refractivity contribution is 0.416. The maximum atomic E-state index is 5.98. The van der Waals surface area contributed by atoms with Gasteiger partial charge >= 0.3 is 0 Å². The Bertz CT molecular complexity index is 900. The molecule has 0 amide bonds. The number of aryl methyl sites for hydroxylation is 2. The highest BCUT2D eigenvalue weighted by Gasteiger charge is 2.07. The van der Waals surface area contributed by atoms with Crippen molar-refractivity contribution in [3.63, 3.8) is 0 Å². The van der Waals surface area contributed by atoms with Gasteiger partial charge in [0.1, 0.15) is 5.75 Å². The van der Waals surface area contributed by atoms with Gasteiger partial charge in [0.05, 0.1) is 19.0 Å². The van der Waals surface area contributed by atoms with E-state index in [4.69, 9.17) is 16.3 Å². The van der Waals surface area contributed by atoms with E-state index in [1.165, 1.54) is 0 Å². The van der Waals surface area contributed by atoms with E-state index >= 15 is 0 Å².